The zero-order valence-electron chi connectivity index (χ0n) is 11.2. The minimum atomic E-state index is -0.377. The maximum Gasteiger partial charge on any atom is 0.243 e. The lowest BCUT2D eigenvalue weighted by Crippen LogP contribution is -2.18. The maximum atomic E-state index is 10.9. The van der Waals surface area contributed by atoms with Crippen LogP contribution in [-0.2, 0) is 24.1 Å². The van der Waals surface area contributed by atoms with E-state index in [1.165, 1.54) is 5.56 Å². The lowest BCUT2D eigenvalue weighted by atomic mass is 10.1. The molecule has 0 saturated carbocycles. The molecule has 20 heavy (non-hydrogen) atoms. The summed E-state index contributed by atoms with van der Waals surface area (Å²) in [6, 6.07) is 10.2. The van der Waals surface area contributed by atoms with Gasteiger partial charge in [-0.15, -0.1) is 0 Å². The predicted octanol–water partition coefficient (Wildman–Crippen LogP) is 2.29. The first-order valence-corrected chi connectivity index (χ1v) is 6.68. The molecule has 0 fully saturated rings. The Morgan fingerprint density at radius 3 is 2.75 bits per heavy atom. The molecule has 0 bridgehead atoms. The van der Waals surface area contributed by atoms with E-state index in [0.717, 1.165) is 24.4 Å². The lowest BCUT2D eigenvalue weighted by molar-refractivity contribution is -0.129. The van der Waals surface area contributed by atoms with E-state index in [2.05, 4.69) is 17.1 Å². The fourth-order valence-corrected chi connectivity index (χ4v) is 1.96. The molecular weight excluding hydrogens is 256 g/mol. The molecule has 1 aromatic carbocycles. The number of benzene rings is 1. The zero-order valence-corrected chi connectivity index (χ0v) is 11.2. The molecule has 0 saturated heterocycles. The molecule has 0 spiro atoms. The molecule has 0 aliphatic heterocycles. The fraction of sp³-hybridized carbons (Fsp3) is 0.333. The van der Waals surface area contributed by atoms with Crippen LogP contribution in [0.4, 0.5) is 0 Å². The number of carbonyl (C=O) groups excluding carboxylic acids is 1. The van der Waals surface area contributed by atoms with Gasteiger partial charge in [-0.2, -0.15) is 0 Å². The second kappa shape index (κ2) is 7.45. The molecule has 106 valence electrons. The molecule has 2 aromatic rings. The van der Waals surface area contributed by atoms with Gasteiger partial charge in [0.2, 0.25) is 5.91 Å². The average molecular weight is 274 g/mol. The summed E-state index contributed by atoms with van der Waals surface area (Å²) in [6.07, 6.45) is 4.88. The summed E-state index contributed by atoms with van der Waals surface area (Å²) in [5.41, 5.74) is 3.71. The molecule has 5 nitrogen and oxygen atoms in total. The van der Waals surface area contributed by atoms with Gasteiger partial charge in [-0.25, -0.2) is 10.5 Å². The highest BCUT2D eigenvalue weighted by Gasteiger charge is 2.06. The van der Waals surface area contributed by atoms with Gasteiger partial charge in [0.05, 0.1) is 5.69 Å². The second-order valence-electron chi connectivity index (χ2n) is 4.61. The molecule has 5 heteroatoms. The van der Waals surface area contributed by atoms with Crippen molar-refractivity contribution in [3.05, 3.63) is 53.7 Å². The topological polar surface area (TPSA) is 75.4 Å². The largest absolute Gasteiger partial charge is 0.449 e. The maximum absolute atomic E-state index is 10.9. The Morgan fingerprint density at radius 2 is 2.00 bits per heavy atom. The molecule has 2 N–H and O–H groups in total. The molecular formula is C15H18N2O3. The van der Waals surface area contributed by atoms with Crippen LogP contribution >= 0.6 is 0 Å². The van der Waals surface area contributed by atoms with E-state index in [9.17, 15) is 4.79 Å². The molecule has 1 aromatic heterocycles. The minimum absolute atomic E-state index is 0.280. The van der Waals surface area contributed by atoms with E-state index in [4.69, 9.17) is 9.62 Å². The average Bonchev–Trinajstić information content (AvgIpc) is 2.94. The zero-order chi connectivity index (χ0) is 14.2. The summed E-state index contributed by atoms with van der Waals surface area (Å²) >= 11 is 0. The number of hydrogen-bond donors (Lipinski definition) is 2. The van der Waals surface area contributed by atoms with Crippen LogP contribution in [0.5, 0.6) is 0 Å². The number of hydrogen-bond acceptors (Lipinski definition) is 4. The Hall–Kier alpha value is -2.14. The first kappa shape index (κ1) is 14.3. The smallest absolute Gasteiger partial charge is 0.243 e. The highest BCUT2D eigenvalue weighted by atomic mass is 16.5. The van der Waals surface area contributed by atoms with Crippen molar-refractivity contribution >= 4 is 5.91 Å². The van der Waals surface area contributed by atoms with Gasteiger partial charge in [0.25, 0.3) is 0 Å². The van der Waals surface area contributed by atoms with Crippen molar-refractivity contribution in [1.82, 2.24) is 10.5 Å². The highest BCUT2D eigenvalue weighted by molar-refractivity contribution is 5.74. The van der Waals surface area contributed by atoms with E-state index in [-0.39, 0.29) is 12.3 Å². The second-order valence-corrected chi connectivity index (χ2v) is 4.61. The van der Waals surface area contributed by atoms with Crippen molar-refractivity contribution in [2.75, 3.05) is 0 Å². The van der Waals surface area contributed by atoms with Crippen LogP contribution in [-0.4, -0.2) is 16.1 Å². The number of nitrogens with zero attached hydrogens (tertiary/aromatic N) is 1. The molecule has 1 amide bonds. The van der Waals surface area contributed by atoms with Crippen LogP contribution in [0.2, 0.25) is 0 Å². The van der Waals surface area contributed by atoms with Gasteiger partial charge in [-0.1, -0.05) is 30.3 Å². The summed E-state index contributed by atoms with van der Waals surface area (Å²) in [5, 5.41) is 8.38. The minimum Gasteiger partial charge on any atom is -0.449 e. The first-order chi connectivity index (χ1) is 9.78. The lowest BCUT2D eigenvalue weighted by Gasteiger charge is -1.97. The Kier molecular flexibility index (Phi) is 5.32. The van der Waals surface area contributed by atoms with E-state index < -0.39 is 0 Å². The number of oxazole rings is 1. The van der Waals surface area contributed by atoms with E-state index in [1.54, 1.807) is 11.7 Å². The van der Waals surface area contributed by atoms with Crippen molar-refractivity contribution in [3.8, 4) is 0 Å². The Bertz CT molecular complexity index is 537. The van der Waals surface area contributed by atoms with Gasteiger partial charge in [-0.05, 0) is 24.8 Å². The Balaban J connectivity index is 1.76. The number of hydroxylamine groups is 1. The third kappa shape index (κ3) is 4.51. The highest BCUT2D eigenvalue weighted by Crippen LogP contribution is 2.09. The quantitative estimate of drug-likeness (QED) is 0.600. The van der Waals surface area contributed by atoms with Gasteiger partial charge >= 0.3 is 0 Å². The standard InChI is InChI=1S/C15H18N2O3/c18-14(17-19)8-4-7-13-11-20-15(16-13)10-9-12-5-2-1-3-6-12/h1-3,5-6,11,19H,4,7-10H2,(H,17,18). The van der Waals surface area contributed by atoms with Crippen molar-refractivity contribution in [1.29, 1.82) is 0 Å². The molecule has 0 radical (unpaired) electrons. The monoisotopic (exact) mass is 274 g/mol. The molecule has 0 aliphatic rings. The summed E-state index contributed by atoms with van der Waals surface area (Å²) in [6.45, 7) is 0. The Morgan fingerprint density at radius 1 is 1.20 bits per heavy atom. The van der Waals surface area contributed by atoms with E-state index in [1.807, 2.05) is 18.2 Å². The number of aryl methyl sites for hydroxylation is 3. The number of amides is 1. The van der Waals surface area contributed by atoms with Gasteiger partial charge in [0, 0.05) is 12.8 Å². The SMILES string of the molecule is O=C(CCCc1coc(CCc2ccccc2)n1)NO. The number of nitrogens with one attached hydrogen (secondary N) is 1. The van der Waals surface area contributed by atoms with Gasteiger partial charge in [0.1, 0.15) is 6.26 Å². The van der Waals surface area contributed by atoms with Crippen LogP contribution in [0.1, 0.15) is 30.0 Å². The van der Waals surface area contributed by atoms with Crippen LogP contribution in [0.3, 0.4) is 0 Å². The van der Waals surface area contributed by atoms with Crippen LogP contribution in [0, 0.1) is 0 Å². The van der Waals surface area contributed by atoms with E-state index >= 15 is 0 Å². The van der Waals surface area contributed by atoms with Crippen LogP contribution in [0.15, 0.2) is 41.0 Å². The van der Waals surface area contributed by atoms with Crippen LogP contribution < -0.4 is 5.48 Å². The summed E-state index contributed by atoms with van der Waals surface area (Å²) in [5.74, 6) is 0.341. The van der Waals surface area contributed by atoms with Gasteiger partial charge in [-0.3, -0.25) is 10.0 Å². The Labute approximate surface area is 117 Å². The van der Waals surface area contributed by atoms with Gasteiger partial charge < -0.3 is 4.42 Å². The molecule has 0 aliphatic carbocycles. The molecule has 2 rings (SSSR count). The van der Waals surface area contributed by atoms with E-state index in [0.29, 0.717) is 12.8 Å². The molecule has 0 unspecified atom stereocenters. The number of carbonyl (C=O) groups is 1. The summed E-state index contributed by atoms with van der Waals surface area (Å²) in [7, 11) is 0. The van der Waals surface area contributed by atoms with Crippen molar-refractivity contribution in [3.63, 3.8) is 0 Å². The molecule has 0 atom stereocenters. The third-order valence-electron chi connectivity index (χ3n) is 3.03. The predicted molar refractivity (Wildman–Crippen MR) is 73.2 cm³/mol. The van der Waals surface area contributed by atoms with Gasteiger partial charge in [0.15, 0.2) is 5.89 Å². The first-order valence-electron chi connectivity index (χ1n) is 6.68. The van der Waals surface area contributed by atoms with Crippen molar-refractivity contribution in [2.45, 2.75) is 32.1 Å². The third-order valence-corrected chi connectivity index (χ3v) is 3.03. The number of rotatable bonds is 7. The summed E-state index contributed by atoms with van der Waals surface area (Å²) < 4.78 is 5.41. The number of aromatic nitrogens is 1. The summed E-state index contributed by atoms with van der Waals surface area (Å²) in [4.78, 5) is 15.2. The molecule has 1 heterocycles. The van der Waals surface area contributed by atoms with Crippen molar-refractivity contribution < 1.29 is 14.4 Å². The normalized spacial score (nSPS) is 10.4. The fourth-order valence-electron chi connectivity index (χ4n) is 1.96. The van der Waals surface area contributed by atoms with Crippen molar-refractivity contribution in [2.24, 2.45) is 0 Å². The van der Waals surface area contributed by atoms with Crippen LogP contribution in [0.25, 0.3) is 0 Å².